The van der Waals surface area contributed by atoms with E-state index in [-0.39, 0.29) is 10.8 Å². The molecule has 0 saturated carbocycles. The van der Waals surface area contributed by atoms with Gasteiger partial charge >= 0.3 is 0 Å². The van der Waals surface area contributed by atoms with E-state index >= 15 is 0 Å². The molecule has 0 atom stereocenters. The monoisotopic (exact) mass is 421 g/mol. The van der Waals surface area contributed by atoms with E-state index in [9.17, 15) is 8.42 Å². The zero-order valence-corrected chi connectivity index (χ0v) is 17.6. The summed E-state index contributed by atoms with van der Waals surface area (Å²) in [4.78, 5) is 8.36. The molecule has 0 aliphatic heterocycles. The van der Waals surface area contributed by atoms with E-state index in [1.165, 1.54) is 12.1 Å². The molecule has 1 heterocycles. The Kier molecular flexibility index (Phi) is 6.48. The molecule has 0 unspecified atom stereocenters. The molecule has 3 aromatic rings. The summed E-state index contributed by atoms with van der Waals surface area (Å²) in [5, 5.41) is 6.46. The van der Waals surface area contributed by atoms with Crippen LogP contribution in [0.2, 0.25) is 0 Å². The summed E-state index contributed by atoms with van der Waals surface area (Å²) < 4.78 is 27.7. The lowest BCUT2D eigenvalue weighted by molar-refractivity contribution is 0.601. The molecule has 3 N–H and O–H groups in total. The molecule has 0 bridgehead atoms. The fourth-order valence-electron chi connectivity index (χ4n) is 2.73. The second-order valence-corrected chi connectivity index (χ2v) is 8.22. The Bertz CT molecular complexity index is 1140. The highest BCUT2D eigenvalue weighted by Gasteiger charge is 2.16. The molecule has 3 rings (SSSR count). The number of allylic oxidation sites excluding steroid dienone is 2. The highest BCUT2D eigenvalue weighted by atomic mass is 32.2. The van der Waals surface area contributed by atoms with Crippen LogP contribution >= 0.6 is 0 Å². The van der Waals surface area contributed by atoms with Gasteiger partial charge in [-0.25, -0.2) is 23.1 Å². The summed E-state index contributed by atoms with van der Waals surface area (Å²) >= 11 is 0. The first-order chi connectivity index (χ1) is 14.4. The molecule has 154 valence electrons. The zero-order valence-electron chi connectivity index (χ0n) is 16.8. The van der Waals surface area contributed by atoms with Crippen molar-refractivity contribution < 1.29 is 8.42 Å². The van der Waals surface area contributed by atoms with Gasteiger partial charge in [0.15, 0.2) is 0 Å². The number of anilines is 3. The van der Waals surface area contributed by atoms with Gasteiger partial charge in [-0.05, 0) is 62.4 Å². The van der Waals surface area contributed by atoms with Crippen molar-refractivity contribution in [3.8, 4) is 0 Å². The number of aryl methyl sites for hydroxylation is 2. The van der Waals surface area contributed by atoms with Gasteiger partial charge in [0.05, 0.1) is 4.90 Å². The predicted octanol–water partition coefficient (Wildman–Crippen LogP) is 4.45. The molecule has 1 aromatic heterocycles. The van der Waals surface area contributed by atoms with Crippen LogP contribution in [-0.2, 0) is 10.0 Å². The molecular formula is C22H23N5O2S. The van der Waals surface area contributed by atoms with Crippen molar-refractivity contribution in [2.24, 2.45) is 0 Å². The third-order valence-corrected chi connectivity index (χ3v) is 5.33. The quantitative estimate of drug-likeness (QED) is 0.465. The number of para-hydroxylation sites is 1. The number of benzene rings is 2. The third kappa shape index (κ3) is 5.68. The summed E-state index contributed by atoms with van der Waals surface area (Å²) in [5.74, 6) is 0.756. The van der Waals surface area contributed by atoms with Gasteiger partial charge in [0, 0.05) is 22.8 Å². The molecule has 0 radical (unpaired) electrons. The van der Waals surface area contributed by atoms with E-state index in [0.29, 0.717) is 22.9 Å². The SMILES string of the molecule is C=C/C=C(/Nc1ccccc1)Nc1ccc(S(=O)(=O)Nc2nc(C)cc(C)n2)cc1. The summed E-state index contributed by atoms with van der Waals surface area (Å²) in [5.41, 5.74) is 3.00. The Balaban J connectivity index is 1.74. The van der Waals surface area contributed by atoms with Crippen molar-refractivity contribution in [3.05, 3.63) is 96.6 Å². The highest BCUT2D eigenvalue weighted by molar-refractivity contribution is 7.92. The third-order valence-electron chi connectivity index (χ3n) is 3.99. The molecule has 2 aromatic carbocycles. The largest absolute Gasteiger partial charge is 0.342 e. The molecule has 7 nitrogen and oxygen atoms in total. The minimum Gasteiger partial charge on any atom is -0.342 e. The molecule has 0 saturated heterocycles. The van der Waals surface area contributed by atoms with Gasteiger partial charge in [-0.2, -0.15) is 0 Å². The van der Waals surface area contributed by atoms with Gasteiger partial charge in [0.1, 0.15) is 5.82 Å². The van der Waals surface area contributed by atoms with Crippen molar-refractivity contribution in [1.82, 2.24) is 9.97 Å². The zero-order chi connectivity index (χ0) is 21.6. The lowest BCUT2D eigenvalue weighted by atomic mass is 10.3. The first-order valence-corrected chi connectivity index (χ1v) is 10.7. The van der Waals surface area contributed by atoms with E-state index in [2.05, 4.69) is 31.9 Å². The van der Waals surface area contributed by atoms with Crippen LogP contribution in [0.3, 0.4) is 0 Å². The van der Waals surface area contributed by atoms with Gasteiger partial charge in [0.2, 0.25) is 5.95 Å². The van der Waals surface area contributed by atoms with Crippen molar-refractivity contribution in [1.29, 1.82) is 0 Å². The van der Waals surface area contributed by atoms with Gasteiger partial charge in [-0.15, -0.1) is 0 Å². The Labute approximate surface area is 176 Å². The van der Waals surface area contributed by atoms with Crippen LogP contribution in [0.1, 0.15) is 11.4 Å². The van der Waals surface area contributed by atoms with Crippen LogP contribution in [0.25, 0.3) is 0 Å². The molecular weight excluding hydrogens is 398 g/mol. The van der Waals surface area contributed by atoms with Crippen LogP contribution in [-0.4, -0.2) is 18.4 Å². The fourth-order valence-corrected chi connectivity index (χ4v) is 3.68. The van der Waals surface area contributed by atoms with Gasteiger partial charge in [0.25, 0.3) is 10.0 Å². The van der Waals surface area contributed by atoms with Crippen LogP contribution < -0.4 is 15.4 Å². The second kappa shape index (κ2) is 9.23. The van der Waals surface area contributed by atoms with E-state index < -0.39 is 10.0 Å². The van der Waals surface area contributed by atoms with E-state index in [1.807, 2.05) is 30.3 Å². The number of sulfonamides is 1. The smallest absolute Gasteiger partial charge is 0.264 e. The van der Waals surface area contributed by atoms with Crippen LogP contribution in [0, 0.1) is 13.8 Å². The van der Waals surface area contributed by atoms with E-state index in [0.717, 1.165) is 5.69 Å². The molecule has 30 heavy (non-hydrogen) atoms. The molecule has 0 aliphatic rings. The number of hydrogen-bond donors (Lipinski definition) is 3. The van der Waals surface area contributed by atoms with Crippen molar-refractivity contribution >= 4 is 27.3 Å². The summed E-state index contributed by atoms with van der Waals surface area (Å²) in [7, 11) is -3.80. The van der Waals surface area contributed by atoms with Crippen molar-refractivity contribution in [2.45, 2.75) is 18.7 Å². The van der Waals surface area contributed by atoms with Gasteiger partial charge in [-0.3, -0.25) is 0 Å². The summed E-state index contributed by atoms with van der Waals surface area (Å²) in [6.45, 7) is 7.29. The van der Waals surface area contributed by atoms with Crippen LogP contribution in [0.4, 0.5) is 17.3 Å². The average Bonchev–Trinajstić information content (AvgIpc) is 2.68. The molecule has 8 heteroatoms. The van der Waals surface area contributed by atoms with E-state index in [4.69, 9.17) is 0 Å². The maximum atomic E-state index is 12.7. The minimum absolute atomic E-state index is 0.0537. The van der Waals surface area contributed by atoms with Gasteiger partial charge < -0.3 is 10.6 Å². The normalized spacial score (nSPS) is 11.6. The first-order valence-electron chi connectivity index (χ1n) is 9.23. The Morgan fingerprint density at radius 2 is 1.47 bits per heavy atom. The number of hydrogen-bond acceptors (Lipinski definition) is 6. The standard InChI is InChI=1S/C22H23N5O2S/c1-4-8-21(25-18-9-6-5-7-10-18)26-19-11-13-20(14-12-19)30(28,29)27-22-23-16(2)15-17(3)24-22/h4-15,25-26H,1H2,2-3H3,(H,23,24,27)/b21-8-. The van der Waals surface area contributed by atoms with Gasteiger partial charge in [-0.1, -0.05) is 30.9 Å². The van der Waals surface area contributed by atoms with Crippen molar-refractivity contribution in [2.75, 3.05) is 15.4 Å². The van der Waals surface area contributed by atoms with Crippen LogP contribution in [0.15, 0.2) is 90.1 Å². The number of nitrogens with one attached hydrogen (secondary N) is 3. The number of rotatable bonds is 8. The molecule has 0 amide bonds. The molecule has 0 fully saturated rings. The first kappa shape index (κ1) is 21.1. The lowest BCUT2D eigenvalue weighted by Crippen LogP contribution is -2.16. The summed E-state index contributed by atoms with van der Waals surface area (Å²) in [6, 6.07) is 17.8. The molecule has 0 spiro atoms. The van der Waals surface area contributed by atoms with Crippen LogP contribution in [0.5, 0.6) is 0 Å². The Morgan fingerprint density at radius 3 is 2.03 bits per heavy atom. The topological polar surface area (TPSA) is 96.0 Å². The van der Waals surface area contributed by atoms with Crippen molar-refractivity contribution in [3.63, 3.8) is 0 Å². The maximum absolute atomic E-state index is 12.7. The highest BCUT2D eigenvalue weighted by Crippen LogP contribution is 2.19. The van der Waals surface area contributed by atoms with E-state index in [1.54, 1.807) is 44.2 Å². The minimum atomic E-state index is -3.80. The maximum Gasteiger partial charge on any atom is 0.264 e. The summed E-state index contributed by atoms with van der Waals surface area (Å²) in [6.07, 6.45) is 3.45. The number of aromatic nitrogens is 2. The second-order valence-electron chi connectivity index (χ2n) is 6.54. The fraction of sp³-hybridized carbons (Fsp3) is 0.0909. The predicted molar refractivity (Wildman–Crippen MR) is 121 cm³/mol. The number of nitrogens with zero attached hydrogens (tertiary/aromatic N) is 2. The lowest BCUT2D eigenvalue weighted by Gasteiger charge is -2.14. The Hall–Kier alpha value is -3.65. The average molecular weight is 422 g/mol. The Morgan fingerprint density at radius 1 is 0.900 bits per heavy atom. The molecule has 0 aliphatic carbocycles.